The normalized spacial score (nSPS) is 15.6. The summed E-state index contributed by atoms with van der Waals surface area (Å²) >= 11 is 5.98. The number of aliphatic hydroxyl groups excluding tert-OH is 1. The van der Waals surface area contributed by atoms with E-state index in [1.54, 1.807) is 31.2 Å². The summed E-state index contributed by atoms with van der Waals surface area (Å²) in [5, 5.41) is 16.2. The number of nitrogens with one attached hydrogen (secondary N) is 2. The maximum Gasteiger partial charge on any atom is 0.434 e. The van der Waals surface area contributed by atoms with Gasteiger partial charge in [0.05, 0.1) is 12.6 Å². The molecule has 4 amide bonds. The summed E-state index contributed by atoms with van der Waals surface area (Å²) in [5.74, 6) is -1.08. The van der Waals surface area contributed by atoms with Gasteiger partial charge in [-0.3, -0.25) is 14.4 Å². The molecule has 1 aliphatic rings. The number of hydrogen-bond acceptors (Lipinski definition) is 7. The number of carbonyl (C=O) groups excluding carboxylic acids is 4. The smallest absolute Gasteiger partial charge is 0.434 e. The van der Waals surface area contributed by atoms with E-state index in [9.17, 15) is 24.3 Å². The van der Waals surface area contributed by atoms with Gasteiger partial charge in [-0.05, 0) is 43.4 Å². The molecule has 12 heteroatoms. The molecule has 1 aromatic carbocycles. The predicted octanol–water partition coefficient (Wildman–Crippen LogP) is 3.21. The fraction of sp³-hybridized carbons (Fsp3) is 0.607. The summed E-state index contributed by atoms with van der Waals surface area (Å²) in [6.07, 6.45) is 2.98. The molecule has 3 N–H and O–H groups in total. The number of carbonyl (C=O) groups is 4. The Labute approximate surface area is 240 Å². The van der Waals surface area contributed by atoms with Gasteiger partial charge in [-0.25, -0.2) is 4.79 Å². The van der Waals surface area contributed by atoms with Crippen molar-refractivity contribution in [2.75, 3.05) is 27.2 Å². The van der Waals surface area contributed by atoms with Gasteiger partial charge in [0.1, 0.15) is 12.3 Å². The maximum absolute atomic E-state index is 13.3. The molecular weight excluding hydrogens is 540 g/mol. The van der Waals surface area contributed by atoms with E-state index in [-0.39, 0.29) is 55.9 Å². The zero-order valence-electron chi connectivity index (χ0n) is 23.5. The molecule has 1 saturated carbocycles. The molecule has 40 heavy (non-hydrogen) atoms. The van der Waals surface area contributed by atoms with Gasteiger partial charge in [0.15, 0.2) is 6.29 Å². The molecule has 0 saturated heterocycles. The molecule has 0 radical (unpaired) electrons. The standard InChI is InChI=1S/C28H41ClN4O7/c1-4-30-24(34)17-33(2)25(35)14-13-22(27(37)39-3)31-26(36)23(16-19-9-6-5-7-10-19)32-28(38)40-18-20-11-8-12-21(29)15-20/h8,11-12,15,19,22,27,37H,4-7,9-10,13-14,16-18H2,1-3H3,(H,30,34)(H,31,36)/b32-23+/t22-,27?/m0/s1. The zero-order valence-corrected chi connectivity index (χ0v) is 24.2. The molecule has 222 valence electrons. The Morgan fingerprint density at radius 2 is 1.93 bits per heavy atom. The number of aliphatic hydroxyl groups is 1. The number of ether oxygens (including phenoxy) is 2. The van der Waals surface area contributed by atoms with E-state index in [0.717, 1.165) is 32.1 Å². The second kappa shape index (κ2) is 17.6. The molecule has 0 bridgehead atoms. The minimum absolute atomic E-state index is 0.00372. The van der Waals surface area contributed by atoms with E-state index in [1.807, 2.05) is 0 Å². The van der Waals surface area contributed by atoms with Crippen LogP contribution in [0.1, 0.15) is 63.9 Å². The third-order valence-corrected chi connectivity index (χ3v) is 6.93. The lowest BCUT2D eigenvalue weighted by molar-refractivity contribution is -0.136. The number of aliphatic imine (C=N–C) groups is 1. The first kappa shape index (κ1) is 33.2. The zero-order chi connectivity index (χ0) is 29.5. The van der Waals surface area contributed by atoms with Gasteiger partial charge >= 0.3 is 6.09 Å². The van der Waals surface area contributed by atoms with Crippen LogP contribution in [0.4, 0.5) is 4.79 Å². The first-order valence-corrected chi connectivity index (χ1v) is 14.0. The summed E-state index contributed by atoms with van der Waals surface area (Å²) in [6.45, 7) is 2.07. The maximum atomic E-state index is 13.3. The average molecular weight is 581 g/mol. The van der Waals surface area contributed by atoms with Gasteiger partial charge in [0.2, 0.25) is 11.8 Å². The number of rotatable bonds is 14. The Kier molecular flexibility index (Phi) is 14.6. The number of amides is 4. The van der Waals surface area contributed by atoms with Crippen molar-refractivity contribution < 1.29 is 33.8 Å². The minimum Gasteiger partial charge on any atom is -0.443 e. The summed E-state index contributed by atoms with van der Waals surface area (Å²) in [7, 11) is 2.78. The number of benzene rings is 1. The number of hydrogen-bond donors (Lipinski definition) is 3. The number of nitrogens with zero attached hydrogens (tertiary/aromatic N) is 2. The molecule has 1 aromatic rings. The van der Waals surface area contributed by atoms with Crippen LogP contribution in [0.15, 0.2) is 29.3 Å². The summed E-state index contributed by atoms with van der Waals surface area (Å²) in [4.78, 5) is 55.5. The fourth-order valence-corrected chi connectivity index (χ4v) is 4.71. The fourth-order valence-electron chi connectivity index (χ4n) is 4.50. The Bertz CT molecular complexity index is 1030. The molecule has 0 aliphatic heterocycles. The highest BCUT2D eigenvalue weighted by Crippen LogP contribution is 2.27. The summed E-state index contributed by atoms with van der Waals surface area (Å²) < 4.78 is 10.3. The SMILES string of the molecule is CCNC(=O)CN(C)C(=O)CC[C@H](NC(=O)/C(CC1CCCCC1)=N/C(=O)OCc1cccc(Cl)c1)C(O)OC. The van der Waals surface area contributed by atoms with E-state index in [4.69, 9.17) is 21.1 Å². The number of likely N-dealkylation sites (N-methyl/N-ethyl adjacent to an activating group) is 2. The van der Waals surface area contributed by atoms with Gasteiger partial charge < -0.3 is 30.1 Å². The highest BCUT2D eigenvalue weighted by molar-refractivity contribution is 6.40. The van der Waals surface area contributed by atoms with Crippen molar-refractivity contribution in [3.63, 3.8) is 0 Å². The van der Waals surface area contributed by atoms with Crippen LogP contribution in [0.25, 0.3) is 0 Å². The highest BCUT2D eigenvalue weighted by Gasteiger charge is 2.27. The van der Waals surface area contributed by atoms with Crippen molar-refractivity contribution in [3.8, 4) is 0 Å². The highest BCUT2D eigenvalue weighted by atomic mass is 35.5. The summed E-state index contributed by atoms with van der Waals surface area (Å²) in [6, 6.07) is 5.90. The van der Waals surface area contributed by atoms with Crippen molar-refractivity contribution in [1.29, 1.82) is 0 Å². The lowest BCUT2D eigenvalue weighted by Crippen LogP contribution is -2.48. The lowest BCUT2D eigenvalue weighted by Gasteiger charge is -2.26. The van der Waals surface area contributed by atoms with Crippen molar-refractivity contribution >= 4 is 41.1 Å². The quantitative estimate of drug-likeness (QED) is 0.226. The minimum atomic E-state index is -1.41. The molecule has 0 aromatic heterocycles. The Balaban J connectivity index is 2.09. The molecule has 2 atom stereocenters. The van der Waals surface area contributed by atoms with Crippen molar-refractivity contribution in [2.24, 2.45) is 10.9 Å². The van der Waals surface area contributed by atoms with E-state index in [0.29, 0.717) is 17.1 Å². The third-order valence-electron chi connectivity index (χ3n) is 6.70. The second-order valence-corrected chi connectivity index (χ2v) is 10.3. The second-order valence-electron chi connectivity index (χ2n) is 9.90. The van der Waals surface area contributed by atoms with Gasteiger partial charge in [-0.1, -0.05) is 55.8 Å². The van der Waals surface area contributed by atoms with E-state index < -0.39 is 24.3 Å². The van der Waals surface area contributed by atoms with Crippen LogP contribution < -0.4 is 10.6 Å². The molecular formula is C28H41ClN4O7. The van der Waals surface area contributed by atoms with Gasteiger partial charge in [-0.2, -0.15) is 4.99 Å². The van der Waals surface area contributed by atoms with Crippen LogP contribution in [0.5, 0.6) is 0 Å². The molecule has 1 unspecified atom stereocenters. The van der Waals surface area contributed by atoms with Crippen LogP contribution in [-0.4, -0.2) is 79.1 Å². The van der Waals surface area contributed by atoms with Crippen molar-refractivity contribution in [3.05, 3.63) is 34.9 Å². The molecule has 2 rings (SSSR count). The van der Waals surface area contributed by atoms with Crippen LogP contribution >= 0.6 is 11.6 Å². The third kappa shape index (κ3) is 12.0. The number of halogens is 1. The van der Waals surface area contributed by atoms with Crippen molar-refractivity contribution in [1.82, 2.24) is 15.5 Å². The van der Waals surface area contributed by atoms with E-state index in [1.165, 1.54) is 19.1 Å². The lowest BCUT2D eigenvalue weighted by atomic mass is 9.85. The first-order valence-electron chi connectivity index (χ1n) is 13.6. The average Bonchev–Trinajstić information content (AvgIpc) is 2.93. The van der Waals surface area contributed by atoms with Crippen LogP contribution in [-0.2, 0) is 30.5 Å². The first-order chi connectivity index (χ1) is 19.1. The Hall–Kier alpha value is -3.02. The topological polar surface area (TPSA) is 147 Å². The number of methoxy groups -OCH3 is 1. The van der Waals surface area contributed by atoms with Gasteiger partial charge in [-0.15, -0.1) is 0 Å². The Morgan fingerprint density at radius 1 is 1.20 bits per heavy atom. The van der Waals surface area contributed by atoms with E-state index in [2.05, 4.69) is 15.6 Å². The summed E-state index contributed by atoms with van der Waals surface area (Å²) in [5.41, 5.74) is 0.676. The van der Waals surface area contributed by atoms with Crippen LogP contribution in [0, 0.1) is 5.92 Å². The molecule has 0 heterocycles. The molecule has 1 fully saturated rings. The molecule has 1 aliphatic carbocycles. The van der Waals surface area contributed by atoms with Gasteiger partial charge in [0, 0.05) is 32.1 Å². The van der Waals surface area contributed by atoms with Crippen molar-refractivity contribution in [2.45, 2.75) is 77.2 Å². The van der Waals surface area contributed by atoms with Crippen LogP contribution in [0.2, 0.25) is 5.02 Å². The monoisotopic (exact) mass is 580 g/mol. The molecule has 11 nitrogen and oxygen atoms in total. The predicted molar refractivity (Wildman–Crippen MR) is 151 cm³/mol. The Morgan fingerprint density at radius 3 is 2.58 bits per heavy atom. The van der Waals surface area contributed by atoms with E-state index >= 15 is 0 Å². The van der Waals surface area contributed by atoms with Crippen LogP contribution in [0.3, 0.4) is 0 Å². The molecule has 0 spiro atoms. The van der Waals surface area contributed by atoms with Gasteiger partial charge in [0.25, 0.3) is 5.91 Å². The largest absolute Gasteiger partial charge is 0.443 e.